The van der Waals surface area contributed by atoms with Gasteiger partial charge in [0.2, 0.25) is 0 Å². The summed E-state index contributed by atoms with van der Waals surface area (Å²) in [5.74, 6) is 0.0583. The zero-order chi connectivity index (χ0) is 42.8. The molecule has 4 unspecified atom stereocenters. The molecule has 12 nitrogen and oxygen atoms in total. The van der Waals surface area contributed by atoms with Gasteiger partial charge in [-0.2, -0.15) is 16.8 Å². The van der Waals surface area contributed by atoms with Gasteiger partial charge in [0.05, 0.1) is 12.2 Å². The van der Waals surface area contributed by atoms with Crippen LogP contribution in [0, 0.1) is 0 Å². The van der Waals surface area contributed by atoms with E-state index in [2.05, 4.69) is 0 Å². The summed E-state index contributed by atoms with van der Waals surface area (Å²) in [5, 5.41) is 39.0. The van der Waals surface area contributed by atoms with Crippen LogP contribution in [0.15, 0.2) is 85.0 Å². The lowest BCUT2D eigenvalue weighted by Gasteiger charge is -2.25. The standard InChI is InChI=1S/C42H62O12S4/c1-3-5-7-15-21-39(53-57(47,48)49)31-41(23-17-11-9-13-19-33-25-35(43)29-36(44)26-33)55-56-42(32-40(54-58(50,51)52)22-16-8-6-4-2)24-18-12-10-14-20-34-27-37(45)30-38(46)28-34/h3-8,15-16,25-30,39-46H,9-14,17-24,31-32H2,1-2H3,(H,47,48,49)(H,50,51,52)/b5-3+,6-4+,15-7+,16-8+. The molecule has 0 radical (unpaired) electrons. The van der Waals surface area contributed by atoms with E-state index in [1.54, 1.807) is 70.2 Å². The number of phenolic OH excluding ortho intramolecular Hbond substituents is 4. The summed E-state index contributed by atoms with van der Waals surface area (Å²) in [5.41, 5.74) is 1.69. The van der Waals surface area contributed by atoms with Crippen molar-refractivity contribution in [2.45, 2.75) is 139 Å². The van der Waals surface area contributed by atoms with Crippen LogP contribution in [0.5, 0.6) is 23.0 Å². The second kappa shape index (κ2) is 28.5. The Morgan fingerprint density at radius 3 is 1.21 bits per heavy atom. The highest BCUT2D eigenvalue weighted by Gasteiger charge is 2.26. The summed E-state index contributed by atoms with van der Waals surface area (Å²) in [4.78, 5) is 0. The predicted octanol–water partition coefficient (Wildman–Crippen LogP) is 10.5. The van der Waals surface area contributed by atoms with Crippen LogP contribution in [0.3, 0.4) is 0 Å². The third-order valence-electron chi connectivity index (χ3n) is 8.98. The summed E-state index contributed by atoms with van der Waals surface area (Å²) in [6, 6.07) is 9.11. The van der Waals surface area contributed by atoms with Gasteiger partial charge in [-0.15, -0.1) is 0 Å². The number of allylic oxidation sites excluding steroid dienone is 6. The molecule has 0 aromatic heterocycles. The Hall–Kier alpha value is -2.96. The molecule has 0 amide bonds. The SMILES string of the molecule is C/C=C/C=C/CC(CC(CCCCCCc1cc(O)cc(O)c1)SSC(CCCCCCc1cc(O)cc(O)c1)CC(C/C=C/C=C/C)OS(=O)(=O)O)OS(=O)(=O)O. The topological polar surface area (TPSA) is 208 Å². The molecular formula is C42H62O12S4. The molecule has 326 valence electrons. The quantitative estimate of drug-likeness (QED) is 0.0180. The molecule has 2 aromatic rings. The lowest BCUT2D eigenvalue weighted by Crippen LogP contribution is -2.23. The highest BCUT2D eigenvalue weighted by atomic mass is 33.1. The van der Waals surface area contributed by atoms with Crippen LogP contribution in [0.4, 0.5) is 0 Å². The van der Waals surface area contributed by atoms with Gasteiger partial charge in [-0.1, -0.05) is 109 Å². The summed E-state index contributed by atoms with van der Waals surface area (Å²) in [6.45, 7) is 3.72. The maximum absolute atomic E-state index is 11.9. The second-order valence-electron chi connectivity index (χ2n) is 14.2. The Labute approximate surface area is 353 Å². The normalized spacial score (nSPS) is 14.9. The first-order valence-electron chi connectivity index (χ1n) is 19.8. The van der Waals surface area contributed by atoms with Gasteiger partial charge in [0.15, 0.2) is 0 Å². The Morgan fingerprint density at radius 2 is 0.879 bits per heavy atom. The second-order valence-corrected chi connectivity index (χ2v) is 19.2. The Kier molecular flexibility index (Phi) is 25.1. The number of hydrogen-bond acceptors (Lipinski definition) is 12. The molecule has 58 heavy (non-hydrogen) atoms. The fourth-order valence-electron chi connectivity index (χ4n) is 6.40. The number of phenols is 4. The van der Waals surface area contributed by atoms with Gasteiger partial charge in [0.25, 0.3) is 0 Å². The van der Waals surface area contributed by atoms with Crippen molar-refractivity contribution in [2.24, 2.45) is 0 Å². The van der Waals surface area contributed by atoms with Gasteiger partial charge >= 0.3 is 20.8 Å². The Bertz CT molecular complexity index is 1640. The van der Waals surface area contributed by atoms with E-state index in [4.69, 9.17) is 8.37 Å². The predicted molar refractivity (Wildman–Crippen MR) is 235 cm³/mol. The maximum Gasteiger partial charge on any atom is 0.397 e. The molecule has 0 spiro atoms. The summed E-state index contributed by atoms with van der Waals surface area (Å²) in [7, 11) is -6.32. The molecule has 0 fully saturated rings. The number of hydrogen-bond donors (Lipinski definition) is 6. The molecule has 0 heterocycles. The van der Waals surface area contributed by atoms with Crippen LogP contribution in [-0.2, 0) is 42.0 Å². The first-order valence-corrected chi connectivity index (χ1v) is 24.8. The molecular weight excluding hydrogens is 825 g/mol. The number of rotatable bonds is 31. The van der Waals surface area contributed by atoms with Crippen molar-refractivity contribution in [1.82, 2.24) is 0 Å². The highest BCUT2D eigenvalue weighted by Crippen LogP contribution is 2.41. The van der Waals surface area contributed by atoms with Crippen molar-refractivity contribution >= 4 is 42.4 Å². The van der Waals surface area contributed by atoms with E-state index >= 15 is 0 Å². The molecule has 0 aliphatic rings. The zero-order valence-electron chi connectivity index (χ0n) is 33.5. The van der Waals surface area contributed by atoms with Crippen LogP contribution in [0.2, 0.25) is 0 Å². The molecule has 6 N–H and O–H groups in total. The van der Waals surface area contributed by atoms with Crippen molar-refractivity contribution in [3.8, 4) is 23.0 Å². The van der Waals surface area contributed by atoms with E-state index in [9.17, 15) is 46.4 Å². The fraction of sp³-hybridized carbons (Fsp3) is 0.524. The average molecular weight is 887 g/mol. The van der Waals surface area contributed by atoms with Gasteiger partial charge in [0.1, 0.15) is 23.0 Å². The molecule has 0 aliphatic heterocycles. The van der Waals surface area contributed by atoms with Crippen LogP contribution in [0.25, 0.3) is 0 Å². The minimum absolute atomic E-state index is 0.0146. The third kappa shape index (κ3) is 26.2. The first-order chi connectivity index (χ1) is 27.5. The molecule has 0 bridgehead atoms. The van der Waals surface area contributed by atoms with Crippen molar-refractivity contribution in [2.75, 3.05) is 0 Å². The number of aryl methyl sites for hydroxylation is 2. The molecule has 2 aromatic carbocycles. The van der Waals surface area contributed by atoms with Crippen molar-refractivity contribution in [3.63, 3.8) is 0 Å². The van der Waals surface area contributed by atoms with Crippen LogP contribution in [0.1, 0.15) is 115 Å². The van der Waals surface area contributed by atoms with Gasteiger partial charge in [0, 0.05) is 22.6 Å². The number of benzene rings is 2. The largest absolute Gasteiger partial charge is 0.508 e. The van der Waals surface area contributed by atoms with Crippen molar-refractivity contribution in [3.05, 3.63) is 96.1 Å². The van der Waals surface area contributed by atoms with Crippen LogP contribution < -0.4 is 0 Å². The molecule has 4 atom stereocenters. The molecule has 0 saturated heterocycles. The molecule has 0 aliphatic carbocycles. The fourth-order valence-corrected chi connectivity index (χ4v) is 10.8. The monoisotopic (exact) mass is 886 g/mol. The van der Waals surface area contributed by atoms with Gasteiger partial charge < -0.3 is 20.4 Å². The lowest BCUT2D eigenvalue weighted by molar-refractivity contribution is 0.172. The maximum atomic E-state index is 11.9. The average Bonchev–Trinajstić information content (AvgIpc) is 3.11. The van der Waals surface area contributed by atoms with Crippen LogP contribution in [-0.4, -0.2) is 69.1 Å². The van der Waals surface area contributed by atoms with E-state index < -0.39 is 33.0 Å². The minimum Gasteiger partial charge on any atom is -0.508 e. The van der Waals surface area contributed by atoms with E-state index in [0.29, 0.717) is 38.5 Å². The van der Waals surface area contributed by atoms with E-state index in [1.165, 1.54) is 12.1 Å². The van der Waals surface area contributed by atoms with E-state index in [1.807, 2.05) is 38.2 Å². The van der Waals surface area contributed by atoms with Crippen molar-refractivity contribution < 1.29 is 54.7 Å². The van der Waals surface area contributed by atoms with Gasteiger partial charge in [-0.25, -0.2) is 8.37 Å². The van der Waals surface area contributed by atoms with E-state index in [0.717, 1.165) is 62.5 Å². The molecule has 2 rings (SSSR count). The zero-order valence-corrected chi connectivity index (χ0v) is 36.7. The molecule has 16 heteroatoms. The van der Waals surface area contributed by atoms with Gasteiger partial charge in [-0.05, 0) is 113 Å². The first kappa shape index (κ1) is 51.2. The highest BCUT2D eigenvalue weighted by molar-refractivity contribution is 8.77. The smallest absolute Gasteiger partial charge is 0.397 e. The Balaban J connectivity index is 2.20. The van der Waals surface area contributed by atoms with E-state index in [-0.39, 0.29) is 46.3 Å². The lowest BCUT2D eigenvalue weighted by atomic mass is 10.0. The van der Waals surface area contributed by atoms with Gasteiger partial charge in [-0.3, -0.25) is 9.11 Å². The Morgan fingerprint density at radius 1 is 0.534 bits per heavy atom. The third-order valence-corrected chi connectivity index (χ3v) is 13.5. The summed E-state index contributed by atoms with van der Waals surface area (Å²) >= 11 is 0. The molecule has 0 saturated carbocycles. The summed E-state index contributed by atoms with van der Waals surface area (Å²) in [6.07, 6.45) is 23.6. The van der Waals surface area contributed by atoms with Crippen molar-refractivity contribution in [1.29, 1.82) is 0 Å². The number of aromatic hydroxyl groups is 4. The summed E-state index contributed by atoms with van der Waals surface area (Å²) < 4.78 is 77.0. The number of unbranched alkanes of at least 4 members (excludes halogenated alkanes) is 6. The minimum atomic E-state index is -4.73. The van der Waals surface area contributed by atoms with Crippen LogP contribution >= 0.6 is 21.6 Å².